The highest BCUT2D eigenvalue weighted by atomic mass is 32.1. The van der Waals surface area contributed by atoms with E-state index in [4.69, 9.17) is 21.4 Å². The Labute approximate surface area is 161 Å². The van der Waals surface area contributed by atoms with E-state index < -0.39 is 0 Å². The summed E-state index contributed by atoms with van der Waals surface area (Å²) in [6.07, 6.45) is 7.72. The highest BCUT2D eigenvalue weighted by molar-refractivity contribution is 7.80. The number of nitrogens with one attached hydrogen (secondary N) is 1. The van der Waals surface area contributed by atoms with Gasteiger partial charge in [-0.2, -0.15) is 0 Å². The number of aryl methyl sites for hydroxylation is 1. The van der Waals surface area contributed by atoms with Crippen LogP contribution in [0, 0.1) is 0 Å². The van der Waals surface area contributed by atoms with Crippen molar-refractivity contribution in [3.63, 3.8) is 0 Å². The Hall–Kier alpha value is -1.85. The zero-order chi connectivity index (χ0) is 18.2. The molecule has 1 unspecified atom stereocenters. The molecule has 26 heavy (non-hydrogen) atoms. The molecule has 4 nitrogen and oxygen atoms in total. The predicted molar refractivity (Wildman–Crippen MR) is 109 cm³/mol. The van der Waals surface area contributed by atoms with E-state index in [1.807, 2.05) is 12.1 Å². The summed E-state index contributed by atoms with van der Waals surface area (Å²) in [4.78, 5) is 2.13. The fourth-order valence-corrected chi connectivity index (χ4v) is 3.44. The summed E-state index contributed by atoms with van der Waals surface area (Å²) < 4.78 is 11.3. The largest absolute Gasteiger partial charge is 0.467 e. The molecule has 1 aliphatic rings. The number of benzene rings is 1. The van der Waals surface area contributed by atoms with Gasteiger partial charge in [0.2, 0.25) is 0 Å². The Kier molecular flexibility index (Phi) is 7.09. The Morgan fingerprint density at radius 2 is 2.12 bits per heavy atom. The third kappa shape index (κ3) is 5.58. The normalized spacial score (nSPS) is 16.6. The molecule has 0 bridgehead atoms. The molecule has 1 aliphatic heterocycles. The Morgan fingerprint density at radius 3 is 2.77 bits per heavy atom. The minimum atomic E-state index is 0.237. The summed E-state index contributed by atoms with van der Waals surface area (Å²) in [5.74, 6) is 0.905. The number of hydrogen-bond donors (Lipinski definition) is 1. The van der Waals surface area contributed by atoms with Crippen molar-refractivity contribution in [3.05, 3.63) is 54.0 Å². The molecule has 0 radical (unpaired) electrons. The van der Waals surface area contributed by atoms with Crippen LogP contribution in [0.3, 0.4) is 0 Å². The smallest absolute Gasteiger partial charge is 0.173 e. The second-order valence-electron chi connectivity index (χ2n) is 6.83. The van der Waals surface area contributed by atoms with Gasteiger partial charge in [0.1, 0.15) is 5.76 Å². The molecule has 5 heteroatoms. The Morgan fingerprint density at radius 1 is 1.27 bits per heavy atom. The van der Waals surface area contributed by atoms with E-state index in [1.54, 1.807) is 6.26 Å². The molecule has 1 fully saturated rings. The quantitative estimate of drug-likeness (QED) is 0.660. The lowest BCUT2D eigenvalue weighted by Gasteiger charge is -2.27. The van der Waals surface area contributed by atoms with Gasteiger partial charge in [0, 0.05) is 18.8 Å². The fourth-order valence-electron chi connectivity index (χ4n) is 3.18. The third-order valence-corrected chi connectivity index (χ3v) is 5.05. The summed E-state index contributed by atoms with van der Waals surface area (Å²) in [7, 11) is 0. The van der Waals surface area contributed by atoms with Crippen LogP contribution in [-0.2, 0) is 17.7 Å². The molecule has 1 aromatic heterocycles. The lowest BCUT2D eigenvalue weighted by Crippen LogP contribution is -2.39. The number of thiocarbonyl (C=S) groups is 1. The van der Waals surface area contributed by atoms with E-state index in [0.717, 1.165) is 43.9 Å². The highest BCUT2D eigenvalue weighted by Crippen LogP contribution is 2.18. The molecular formula is C21H28N2O2S. The molecule has 0 spiro atoms. The van der Waals surface area contributed by atoms with Crippen LogP contribution >= 0.6 is 12.2 Å². The van der Waals surface area contributed by atoms with E-state index in [1.165, 1.54) is 18.4 Å². The molecule has 1 atom stereocenters. The highest BCUT2D eigenvalue weighted by Gasteiger charge is 2.21. The van der Waals surface area contributed by atoms with Crippen LogP contribution in [0.15, 0.2) is 47.1 Å². The van der Waals surface area contributed by atoms with E-state index in [0.29, 0.717) is 11.7 Å². The molecule has 140 valence electrons. The molecular weight excluding hydrogens is 344 g/mol. The average molecular weight is 373 g/mol. The van der Waals surface area contributed by atoms with Gasteiger partial charge in [0.05, 0.1) is 18.9 Å². The van der Waals surface area contributed by atoms with E-state index in [9.17, 15) is 0 Å². The standard InChI is InChI=1S/C21H28N2O2S/c1-2-3-6-17-9-11-18(12-10-17)22-21(26)23(15-19-7-4-13-24-19)16-20-8-5-14-25-20/h4,7,9-13,20H,2-3,5-6,8,14-16H2,1H3,(H,22,26). The van der Waals surface area contributed by atoms with Gasteiger partial charge in [-0.15, -0.1) is 0 Å². The third-order valence-electron chi connectivity index (χ3n) is 4.69. The van der Waals surface area contributed by atoms with Gasteiger partial charge in [-0.05, 0) is 67.7 Å². The van der Waals surface area contributed by atoms with Gasteiger partial charge in [-0.3, -0.25) is 0 Å². The number of hydrogen-bond acceptors (Lipinski definition) is 3. The van der Waals surface area contributed by atoms with Crippen LogP contribution < -0.4 is 5.32 Å². The van der Waals surface area contributed by atoms with Crippen LogP contribution in [0.5, 0.6) is 0 Å². The van der Waals surface area contributed by atoms with Gasteiger partial charge in [-0.1, -0.05) is 25.5 Å². The topological polar surface area (TPSA) is 37.6 Å². The van der Waals surface area contributed by atoms with Crippen molar-refractivity contribution in [2.75, 3.05) is 18.5 Å². The van der Waals surface area contributed by atoms with E-state index >= 15 is 0 Å². The lowest BCUT2D eigenvalue weighted by molar-refractivity contribution is 0.0892. The van der Waals surface area contributed by atoms with Crippen LogP contribution in [0.4, 0.5) is 5.69 Å². The molecule has 3 rings (SSSR count). The maximum absolute atomic E-state index is 5.80. The first-order chi connectivity index (χ1) is 12.7. The second-order valence-corrected chi connectivity index (χ2v) is 7.21. The fraction of sp³-hybridized carbons (Fsp3) is 0.476. The first kappa shape index (κ1) is 18.9. The molecule has 0 amide bonds. The molecule has 1 saturated heterocycles. The SMILES string of the molecule is CCCCc1ccc(NC(=S)N(Cc2ccco2)CC2CCCO2)cc1. The Balaban J connectivity index is 1.61. The van der Waals surface area contributed by atoms with Crippen molar-refractivity contribution in [2.24, 2.45) is 0 Å². The molecule has 1 N–H and O–H groups in total. The summed E-state index contributed by atoms with van der Waals surface area (Å²) in [5.41, 5.74) is 2.39. The van der Waals surface area contributed by atoms with Gasteiger partial charge in [0.25, 0.3) is 0 Å². The van der Waals surface area contributed by atoms with Crippen molar-refractivity contribution in [3.8, 4) is 0 Å². The van der Waals surface area contributed by atoms with Crippen molar-refractivity contribution in [1.82, 2.24) is 4.90 Å². The number of nitrogens with zero attached hydrogens (tertiary/aromatic N) is 1. The zero-order valence-corrected chi connectivity index (χ0v) is 16.3. The van der Waals surface area contributed by atoms with Gasteiger partial charge >= 0.3 is 0 Å². The summed E-state index contributed by atoms with van der Waals surface area (Å²) >= 11 is 5.69. The summed E-state index contributed by atoms with van der Waals surface area (Å²) in [5, 5.41) is 4.08. The van der Waals surface area contributed by atoms with Gasteiger partial charge in [0.15, 0.2) is 5.11 Å². The van der Waals surface area contributed by atoms with E-state index in [-0.39, 0.29) is 6.10 Å². The van der Waals surface area contributed by atoms with Crippen LogP contribution in [-0.4, -0.2) is 29.3 Å². The monoisotopic (exact) mass is 372 g/mol. The van der Waals surface area contributed by atoms with E-state index in [2.05, 4.69) is 41.4 Å². The second kappa shape index (κ2) is 9.74. The van der Waals surface area contributed by atoms with Crippen molar-refractivity contribution >= 4 is 23.0 Å². The number of anilines is 1. The molecule has 0 aliphatic carbocycles. The minimum absolute atomic E-state index is 0.237. The van der Waals surface area contributed by atoms with Crippen molar-refractivity contribution in [2.45, 2.75) is 51.7 Å². The summed E-state index contributed by atoms with van der Waals surface area (Å²) in [6, 6.07) is 12.5. The Bertz CT molecular complexity index is 664. The molecule has 2 heterocycles. The van der Waals surface area contributed by atoms with Crippen molar-refractivity contribution < 1.29 is 9.15 Å². The molecule has 0 saturated carbocycles. The predicted octanol–water partition coefficient (Wildman–Crippen LogP) is 5.00. The maximum atomic E-state index is 5.80. The maximum Gasteiger partial charge on any atom is 0.173 e. The minimum Gasteiger partial charge on any atom is -0.467 e. The van der Waals surface area contributed by atoms with Crippen LogP contribution in [0.2, 0.25) is 0 Å². The lowest BCUT2D eigenvalue weighted by atomic mass is 10.1. The number of rotatable bonds is 8. The summed E-state index contributed by atoms with van der Waals surface area (Å²) in [6.45, 7) is 4.49. The molecule has 2 aromatic rings. The van der Waals surface area contributed by atoms with Gasteiger partial charge in [-0.25, -0.2) is 0 Å². The zero-order valence-electron chi connectivity index (χ0n) is 15.4. The molecule has 1 aromatic carbocycles. The van der Waals surface area contributed by atoms with Crippen LogP contribution in [0.25, 0.3) is 0 Å². The number of ether oxygens (including phenoxy) is 1. The number of furan rings is 1. The first-order valence-corrected chi connectivity index (χ1v) is 9.94. The van der Waals surface area contributed by atoms with Crippen molar-refractivity contribution in [1.29, 1.82) is 0 Å². The van der Waals surface area contributed by atoms with Gasteiger partial charge < -0.3 is 19.4 Å². The average Bonchev–Trinajstić information content (AvgIpc) is 3.34. The first-order valence-electron chi connectivity index (χ1n) is 9.53. The number of unbranched alkanes of at least 4 members (excludes halogenated alkanes) is 1. The van der Waals surface area contributed by atoms with Crippen LogP contribution in [0.1, 0.15) is 43.9 Å².